The van der Waals surface area contributed by atoms with E-state index in [0.717, 1.165) is 22.5 Å². The third-order valence-corrected chi connectivity index (χ3v) is 5.95. The zero-order valence-electron chi connectivity index (χ0n) is 14.6. The molecule has 1 amide bonds. The summed E-state index contributed by atoms with van der Waals surface area (Å²) >= 11 is 0.648. The first kappa shape index (κ1) is 19.1. The zero-order chi connectivity index (χ0) is 19.6. The first-order valence-electron chi connectivity index (χ1n) is 7.93. The molecule has 0 aliphatic rings. The molecule has 3 rings (SSSR count). The summed E-state index contributed by atoms with van der Waals surface area (Å²) in [7, 11) is -4.18. The molecule has 0 bridgehead atoms. The van der Waals surface area contributed by atoms with Crippen molar-refractivity contribution in [3.8, 4) is 11.1 Å². The molecule has 27 heavy (non-hydrogen) atoms. The Morgan fingerprint density at radius 2 is 1.74 bits per heavy atom. The third-order valence-electron chi connectivity index (χ3n) is 3.87. The minimum Gasteiger partial charge on any atom is -0.558 e. The maximum absolute atomic E-state index is 12.3. The van der Waals surface area contributed by atoms with E-state index in [1.807, 2.05) is 60.9 Å². The molecule has 1 aromatic carbocycles. The predicted molar refractivity (Wildman–Crippen MR) is 102 cm³/mol. The monoisotopic (exact) mass is 403 g/mol. The van der Waals surface area contributed by atoms with Crippen LogP contribution in [0.25, 0.3) is 16.3 Å². The van der Waals surface area contributed by atoms with E-state index >= 15 is 0 Å². The van der Waals surface area contributed by atoms with Crippen LogP contribution in [0.3, 0.4) is 0 Å². The molecule has 3 aromatic rings. The van der Waals surface area contributed by atoms with Gasteiger partial charge in [0.05, 0.1) is 0 Å². The minimum absolute atomic E-state index is 0.0441. The van der Waals surface area contributed by atoms with Crippen LogP contribution in [0, 0.1) is 13.8 Å². The first-order chi connectivity index (χ1) is 12.7. The highest BCUT2D eigenvalue weighted by Gasteiger charge is 2.19. The molecule has 0 radical (unpaired) electrons. The van der Waals surface area contributed by atoms with E-state index in [4.69, 9.17) is 5.14 Å². The Morgan fingerprint density at radius 3 is 2.30 bits per heavy atom. The van der Waals surface area contributed by atoms with Gasteiger partial charge in [-0.3, -0.25) is 10.1 Å². The second-order valence-electron chi connectivity index (χ2n) is 5.90. The molecule has 8 nitrogen and oxygen atoms in total. The highest BCUT2D eigenvalue weighted by Crippen LogP contribution is 2.21. The number of carbonyl (C=O) groups excluding carboxylic acids is 1. The molecule has 2 aromatic heterocycles. The Bertz CT molecular complexity index is 1070. The van der Waals surface area contributed by atoms with Gasteiger partial charge in [-0.1, -0.05) is 41.7 Å². The lowest BCUT2D eigenvalue weighted by Crippen LogP contribution is -2.45. The number of nitrogens with zero attached hydrogens (tertiary/aromatic N) is 3. The summed E-state index contributed by atoms with van der Waals surface area (Å²) in [5.74, 6) is -0.358. The lowest BCUT2D eigenvalue weighted by atomic mass is 10.0. The summed E-state index contributed by atoms with van der Waals surface area (Å²) in [6.07, 6.45) is 0. The topological polar surface area (TPSA) is 117 Å². The molecule has 0 aliphatic carbocycles. The summed E-state index contributed by atoms with van der Waals surface area (Å²) < 4.78 is 23.6. The third kappa shape index (κ3) is 4.54. The van der Waals surface area contributed by atoms with Gasteiger partial charge in [-0.15, -0.1) is 10.2 Å². The number of hydrogen-bond donors (Lipinski definition) is 1. The van der Waals surface area contributed by atoms with Gasteiger partial charge in [0.25, 0.3) is 5.91 Å². The molecule has 0 aliphatic heterocycles. The molecular weight excluding hydrogens is 386 g/mol. The van der Waals surface area contributed by atoms with Gasteiger partial charge >= 0.3 is 0 Å². The van der Waals surface area contributed by atoms with E-state index in [9.17, 15) is 13.2 Å². The van der Waals surface area contributed by atoms with E-state index < -0.39 is 14.4 Å². The molecular formula is C17H17N5O3S2. The average molecular weight is 403 g/mol. The summed E-state index contributed by atoms with van der Waals surface area (Å²) in [5, 5.41) is 16.5. The number of pyridine rings is 1. The second-order valence-corrected chi connectivity index (χ2v) is 8.53. The molecule has 0 atom stereocenters. The van der Waals surface area contributed by atoms with Gasteiger partial charge in [0.15, 0.2) is 11.4 Å². The Kier molecular flexibility index (Phi) is 5.31. The van der Waals surface area contributed by atoms with E-state index in [1.54, 1.807) is 0 Å². The molecule has 0 fully saturated rings. The van der Waals surface area contributed by atoms with E-state index in [0.29, 0.717) is 11.3 Å². The summed E-state index contributed by atoms with van der Waals surface area (Å²) in [4.78, 5) is 12.3. The largest absolute Gasteiger partial charge is 0.558 e. The average Bonchev–Trinajstić information content (AvgIpc) is 3.07. The van der Waals surface area contributed by atoms with Crippen molar-refractivity contribution in [2.24, 2.45) is 0 Å². The summed E-state index contributed by atoms with van der Waals surface area (Å²) in [6, 6.07) is 14.0. The summed E-state index contributed by atoms with van der Waals surface area (Å²) in [5.41, 5.74) is 3.99. The van der Waals surface area contributed by atoms with Crippen LogP contribution in [0.5, 0.6) is 0 Å². The zero-order valence-corrected chi connectivity index (χ0v) is 16.3. The number of aromatic nitrogens is 3. The molecule has 0 saturated carbocycles. The van der Waals surface area contributed by atoms with Gasteiger partial charge in [-0.2, -0.15) is 4.57 Å². The van der Waals surface area contributed by atoms with Crippen LogP contribution in [0.2, 0.25) is 0 Å². The van der Waals surface area contributed by atoms with E-state index in [1.165, 1.54) is 0 Å². The number of rotatable bonds is 5. The highest BCUT2D eigenvalue weighted by atomic mass is 32.2. The number of benzene rings is 1. The number of carbonyl (C=O) groups is 1. The number of nitrogens with one attached hydrogen (secondary N) is 2. The van der Waals surface area contributed by atoms with Crippen molar-refractivity contribution < 1.29 is 17.8 Å². The van der Waals surface area contributed by atoms with Gasteiger partial charge in [0, 0.05) is 26.0 Å². The molecule has 0 unspecified atom stereocenters. The van der Waals surface area contributed by atoms with Gasteiger partial charge < -0.3 is 5.14 Å². The second kappa shape index (κ2) is 7.51. The van der Waals surface area contributed by atoms with Crippen LogP contribution in [0.15, 0.2) is 46.8 Å². The van der Waals surface area contributed by atoms with Gasteiger partial charge in [0.2, 0.25) is 16.0 Å². The fraction of sp³-hybridized carbons (Fsp3) is 0.176. The molecule has 140 valence electrons. The molecule has 2 heterocycles. The Labute approximate surface area is 160 Å². The Morgan fingerprint density at radius 1 is 1.11 bits per heavy atom. The summed E-state index contributed by atoms with van der Waals surface area (Å²) in [6.45, 7) is 3.89. The SMILES string of the molecule is Cc1cc(-c2ccccc2)cc(C)[n+]1CC(=O)Nc1nnc(S([NH-])(=O)=O)s1. The van der Waals surface area contributed by atoms with Crippen molar-refractivity contribution in [3.05, 3.63) is 59.0 Å². The molecule has 0 saturated heterocycles. The van der Waals surface area contributed by atoms with Crippen molar-refractivity contribution in [1.82, 2.24) is 10.2 Å². The van der Waals surface area contributed by atoms with E-state index in [2.05, 4.69) is 15.5 Å². The van der Waals surface area contributed by atoms with Crippen molar-refractivity contribution in [2.45, 2.75) is 24.7 Å². The highest BCUT2D eigenvalue weighted by molar-refractivity contribution is 7.94. The maximum Gasteiger partial charge on any atom is 0.292 e. The van der Waals surface area contributed by atoms with Crippen molar-refractivity contribution >= 4 is 32.4 Å². The first-order valence-corrected chi connectivity index (χ1v) is 10.2. The molecule has 2 N–H and O–H groups in total. The van der Waals surface area contributed by atoms with Gasteiger partial charge in [0.1, 0.15) is 10.0 Å². The van der Waals surface area contributed by atoms with Crippen LogP contribution in [-0.2, 0) is 21.4 Å². The maximum atomic E-state index is 12.3. The smallest absolute Gasteiger partial charge is 0.292 e. The number of hydrogen-bond acceptors (Lipinski definition) is 6. The number of anilines is 1. The Hall–Kier alpha value is -2.69. The van der Waals surface area contributed by atoms with Crippen molar-refractivity contribution in [1.29, 1.82) is 0 Å². The van der Waals surface area contributed by atoms with Crippen LogP contribution >= 0.6 is 11.3 Å². The fourth-order valence-electron chi connectivity index (χ4n) is 2.64. The van der Waals surface area contributed by atoms with E-state index in [-0.39, 0.29) is 17.6 Å². The normalized spacial score (nSPS) is 11.4. The van der Waals surface area contributed by atoms with Gasteiger partial charge in [-0.25, -0.2) is 8.42 Å². The lowest BCUT2D eigenvalue weighted by Gasteiger charge is -2.07. The van der Waals surface area contributed by atoms with Gasteiger partial charge in [-0.05, 0) is 11.1 Å². The predicted octanol–water partition coefficient (Wildman–Crippen LogP) is 2.49. The van der Waals surface area contributed by atoms with Crippen molar-refractivity contribution in [2.75, 3.05) is 5.32 Å². The lowest BCUT2D eigenvalue weighted by molar-refractivity contribution is -0.695. The quantitative estimate of drug-likeness (QED) is 0.519. The van der Waals surface area contributed by atoms with Crippen LogP contribution in [0.4, 0.5) is 5.13 Å². The van der Waals surface area contributed by atoms with Crippen LogP contribution in [-0.4, -0.2) is 24.5 Å². The van der Waals surface area contributed by atoms with Crippen molar-refractivity contribution in [3.63, 3.8) is 0 Å². The minimum atomic E-state index is -4.18. The standard InChI is InChI=1S/C17H17N5O3S2/c1-11-8-14(13-6-4-3-5-7-13)9-12(2)22(11)10-15(23)19-16-20-21-17(26-16)27(18,24)25/h3-9H,10H2,1-2H3,(H2-,18,19,20,23,24,25). The van der Waals surface area contributed by atoms with Crippen LogP contribution in [0.1, 0.15) is 11.4 Å². The molecule has 0 spiro atoms. The molecule has 10 heteroatoms. The fourth-order valence-corrected chi connectivity index (χ4v) is 3.96. The Balaban J connectivity index is 1.77. The van der Waals surface area contributed by atoms with Crippen LogP contribution < -0.4 is 9.88 Å². The number of sulfonamides is 1. The number of aryl methyl sites for hydroxylation is 2. The number of amides is 1.